The molecule has 0 bridgehead atoms. The molecule has 19 heavy (non-hydrogen) atoms. The van der Waals surface area contributed by atoms with Crippen LogP contribution in [0.25, 0.3) is 0 Å². The van der Waals surface area contributed by atoms with E-state index in [1.165, 1.54) is 38.5 Å². The van der Waals surface area contributed by atoms with E-state index in [4.69, 9.17) is 4.74 Å². The van der Waals surface area contributed by atoms with Crippen molar-refractivity contribution in [3.05, 3.63) is 12.7 Å². The number of hydrogen-bond acceptors (Lipinski definition) is 2. The van der Waals surface area contributed by atoms with Crippen molar-refractivity contribution in [1.82, 2.24) is 5.32 Å². The van der Waals surface area contributed by atoms with E-state index in [1.54, 1.807) is 0 Å². The monoisotopic (exact) mass is 267 g/mol. The van der Waals surface area contributed by atoms with Crippen molar-refractivity contribution in [3.63, 3.8) is 0 Å². The summed E-state index contributed by atoms with van der Waals surface area (Å²) in [6.07, 6.45) is 12.6. The van der Waals surface area contributed by atoms with E-state index < -0.39 is 0 Å². The van der Waals surface area contributed by atoms with Gasteiger partial charge in [0.2, 0.25) is 0 Å². The summed E-state index contributed by atoms with van der Waals surface area (Å²) >= 11 is 0. The number of hydrogen-bond donors (Lipinski definition) is 1. The van der Waals surface area contributed by atoms with Gasteiger partial charge in [-0.15, -0.1) is 6.58 Å². The second-order valence-corrected chi connectivity index (χ2v) is 5.76. The van der Waals surface area contributed by atoms with Crippen molar-refractivity contribution >= 4 is 0 Å². The molecule has 0 saturated carbocycles. The highest BCUT2D eigenvalue weighted by Gasteiger charge is 2.32. The molecule has 0 radical (unpaired) electrons. The van der Waals surface area contributed by atoms with Crippen LogP contribution in [0, 0.1) is 5.92 Å². The summed E-state index contributed by atoms with van der Waals surface area (Å²) in [6, 6.07) is 0.663. The van der Waals surface area contributed by atoms with Gasteiger partial charge in [-0.2, -0.15) is 0 Å². The molecule has 2 nitrogen and oxygen atoms in total. The van der Waals surface area contributed by atoms with Crippen LogP contribution in [0.3, 0.4) is 0 Å². The fraction of sp³-hybridized carbons (Fsp3) is 0.882. The molecule has 1 fully saturated rings. The Morgan fingerprint density at radius 3 is 2.84 bits per heavy atom. The summed E-state index contributed by atoms with van der Waals surface area (Å²) in [5.41, 5.74) is 0. The molecule has 0 aromatic heterocycles. The van der Waals surface area contributed by atoms with Gasteiger partial charge in [-0.3, -0.25) is 0 Å². The normalized spacial score (nSPS) is 24.5. The maximum absolute atomic E-state index is 5.87. The number of ether oxygens (including phenoxy) is 1. The van der Waals surface area contributed by atoms with Gasteiger partial charge in [-0.05, 0) is 45.1 Å². The minimum atomic E-state index is 0.488. The largest absolute Gasteiger partial charge is 0.378 e. The average molecular weight is 267 g/mol. The SMILES string of the molecule is C=CCCCCCC(NCCC)C1CCOC1CC. The molecule has 1 N–H and O–H groups in total. The Kier molecular flexibility index (Phi) is 9.19. The fourth-order valence-corrected chi connectivity index (χ4v) is 3.17. The molecule has 2 heteroatoms. The van der Waals surface area contributed by atoms with Gasteiger partial charge in [0.05, 0.1) is 6.10 Å². The molecule has 1 rings (SSSR count). The maximum atomic E-state index is 5.87. The van der Waals surface area contributed by atoms with Crippen LogP contribution >= 0.6 is 0 Å². The molecule has 0 aromatic carbocycles. The molecule has 0 amide bonds. The van der Waals surface area contributed by atoms with Gasteiger partial charge in [0, 0.05) is 18.6 Å². The molecule has 1 heterocycles. The zero-order valence-electron chi connectivity index (χ0n) is 13.0. The third kappa shape index (κ3) is 6.09. The topological polar surface area (TPSA) is 21.3 Å². The van der Waals surface area contributed by atoms with Gasteiger partial charge in [0.25, 0.3) is 0 Å². The van der Waals surface area contributed by atoms with Crippen LogP contribution in [0.1, 0.15) is 65.2 Å². The second kappa shape index (κ2) is 10.4. The highest BCUT2D eigenvalue weighted by atomic mass is 16.5. The molecule has 3 unspecified atom stereocenters. The molecule has 0 aliphatic carbocycles. The van der Waals surface area contributed by atoms with Gasteiger partial charge in [-0.25, -0.2) is 0 Å². The van der Waals surface area contributed by atoms with E-state index >= 15 is 0 Å². The first kappa shape index (κ1) is 16.7. The summed E-state index contributed by atoms with van der Waals surface area (Å²) in [6.45, 7) is 10.4. The highest BCUT2D eigenvalue weighted by molar-refractivity contribution is 4.86. The van der Waals surface area contributed by atoms with E-state index in [9.17, 15) is 0 Å². The van der Waals surface area contributed by atoms with E-state index in [1.807, 2.05) is 6.08 Å². The molecule has 1 aliphatic heterocycles. The van der Waals surface area contributed by atoms with Gasteiger partial charge >= 0.3 is 0 Å². The van der Waals surface area contributed by atoms with Crippen LogP contribution in [0.4, 0.5) is 0 Å². The molecule has 1 saturated heterocycles. The van der Waals surface area contributed by atoms with Gasteiger partial charge in [0.1, 0.15) is 0 Å². The zero-order valence-corrected chi connectivity index (χ0v) is 13.0. The lowest BCUT2D eigenvalue weighted by Gasteiger charge is -2.28. The van der Waals surface area contributed by atoms with Gasteiger partial charge in [-0.1, -0.05) is 32.8 Å². The van der Waals surface area contributed by atoms with E-state index in [0.29, 0.717) is 12.1 Å². The lowest BCUT2D eigenvalue weighted by Crippen LogP contribution is -2.40. The highest BCUT2D eigenvalue weighted by Crippen LogP contribution is 2.29. The molecular weight excluding hydrogens is 234 g/mol. The third-order valence-electron chi connectivity index (χ3n) is 4.26. The minimum absolute atomic E-state index is 0.488. The Labute approximate surface area is 120 Å². The molecule has 1 aliphatic rings. The van der Waals surface area contributed by atoms with E-state index in [0.717, 1.165) is 31.9 Å². The van der Waals surface area contributed by atoms with Crippen LogP contribution in [-0.4, -0.2) is 25.3 Å². The number of nitrogens with one attached hydrogen (secondary N) is 1. The molecule has 0 aromatic rings. The molecular formula is C17H33NO. The number of allylic oxidation sites excluding steroid dienone is 1. The number of rotatable bonds is 11. The Morgan fingerprint density at radius 2 is 2.16 bits per heavy atom. The lowest BCUT2D eigenvalue weighted by atomic mass is 9.87. The van der Waals surface area contributed by atoms with Crippen LogP contribution < -0.4 is 5.32 Å². The second-order valence-electron chi connectivity index (χ2n) is 5.76. The van der Waals surface area contributed by atoms with Crippen molar-refractivity contribution < 1.29 is 4.74 Å². The summed E-state index contributed by atoms with van der Waals surface area (Å²) in [7, 11) is 0. The minimum Gasteiger partial charge on any atom is -0.378 e. The first-order valence-electron chi connectivity index (χ1n) is 8.29. The average Bonchev–Trinajstić information content (AvgIpc) is 2.90. The van der Waals surface area contributed by atoms with Gasteiger partial charge in [0.15, 0.2) is 0 Å². The predicted octanol–water partition coefficient (Wildman–Crippen LogP) is 4.31. The smallest absolute Gasteiger partial charge is 0.0616 e. The molecule has 0 spiro atoms. The van der Waals surface area contributed by atoms with Crippen LogP contribution in [0.2, 0.25) is 0 Å². The molecule has 3 atom stereocenters. The van der Waals surface area contributed by atoms with E-state index in [2.05, 4.69) is 25.7 Å². The van der Waals surface area contributed by atoms with Crippen LogP contribution in [0.5, 0.6) is 0 Å². The number of unbranched alkanes of at least 4 members (excludes halogenated alkanes) is 3. The lowest BCUT2D eigenvalue weighted by molar-refractivity contribution is 0.0761. The summed E-state index contributed by atoms with van der Waals surface area (Å²) in [5, 5.41) is 3.77. The standard InChI is InChI=1S/C17H33NO/c1-4-7-8-9-10-11-16(18-13-5-2)15-12-14-19-17(15)6-3/h4,15-18H,1,5-14H2,2-3H3. The summed E-state index contributed by atoms with van der Waals surface area (Å²) in [4.78, 5) is 0. The van der Waals surface area contributed by atoms with Crippen molar-refractivity contribution in [2.75, 3.05) is 13.2 Å². The Morgan fingerprint density at radius 1 is 1.32 bits per heavy atom. The van der Waals surface area contributed by atoms with Crippen molar-refractivity contribution in [3.8, 4) is 0 Å². The Hall–Kier alpha value is -0.340. The summed E-state index contributed by atoms with van der Waals surface area (Å²) in [5.74, 6) is 0.732. The molecule has 112 valence electrons. The quantitative estimate of drug-likeness (QED) is 0.445. The fourth-order valence-electron chi connectivity index (χ4n) is 3.17. The zero-order chi connectivity index (χ0) is 13.9. The maximum Gasteiger partial charge on any atom is 0.0616 e. The van der Waals surface area contributed by atoms with E-state index in [-0.39, 0.29) is 0 Å². The first-order valence-corrected chi connectivity index (χ1v) is 8.29. The summed E-state index contributed by atoms with van der Waals surface area (Å²) < 4.78 is 5.87. The van der Waals surface area contributed by atoms with Crippen molar-refractivity contribution in [2.24, 2.45) is 5.92 Å². The van der Waals surface area contributed by atoms with Crippen LogP contribution in [0.15, 0.2) is 12.7 Å². The Balaban J connectivity index is 2.35. The predicted molar refractivity (Wildman–Crippen MR) is 83.5 cm³/mol. The third-order valence-corrected chi connectivity index (χ3v) is 4.26. The Bertz CT molecular complexity index is 229. The van der Waals surface area contributed by atoms with Crippen molar-refractivity contribution in [1.29, 1.82) is 0 Å². The van der Waals surface area contributed by atoms with Crippen molar-refractivity contribution in [2.45, 2.75) is 77.4 Å². The first-order chi connectivity index (χ1) is 9.33. The van der Waals surface area contributed by atoms with Crippen LogP contribution in [-0.2, 0) is 4.74 Å². The van der Waals surface area contributed by atoms with Gasteiger partial charge < -0.3 is 10.1 Å².